The minimum atomic E-state index is -0.548. The molecule has 4 nitrogen and oxygen atoms in total. The van der Waals surface area contributed by atoms with Gasteiger partial charge < -0.3 is 11.1 Å². The summed E-state index contributed by atoms with van der Waals surface area (Å²) < 4.78 is 0. The Morgan fingerprint density at radius 1 is 1.00 bits per heavy atom. The van der Waals surface area contributed by atoms with Gasteiger partial charge in [0.15, 0.2) is 0 Å². The Labute approximate surface area is 150 Å². The molecule has 0 bridgehead atoms. The van der Waals surface area contributed by atoms with Crippen LogP contribution in [-0.2, 0) is 17.8 Å². The van der Waals surface area contributed by atoms with Crippen molar-refractivity contribution >= 4 is 11.6 Å². The van der Waals surface area contributed by atoms with E-state index < -0.39 is 6.04 Å². The maximum Gasteiger partial charge on any atom is 0.241 e. The molecule has 3 rings (SSSR count). The average Bonchev–Trinajstić information content (AvgIpc) is 2.63. The molecule has 1 aliphatic rings. The summed E-state index contributed by atoms with van der Waals surface area (Å²) >= 11 is 0. The first-order valence-corrected chi connectivity index (χ1v) is 9.12. The standard InChI is InChI=1S/C21H27N3O/c22-20(15-17-8-3-1-4-9-17)21(25)23-19-11-7-10-18(14-19)16-24-12-5-2-6-13-24/h1,3-4,7-11,14,20H,2,5-6,12-13,15-16,22H2,(H,23,25). The summed E-state index contributed by atoms with van der Waals surface area (Å²) in [5.74, 6) is -0.140. The number of likely N-dealkylation sites (tertiary alicyclic amines) is 1. The highest BCUT2D eigenvalue weighted by atomic mass is 16.2. The Bertz CT molecular complexity index is 681. The number of rotatable bonds is 6. The lowest BCUT2D eigenvalue weighted by atomic mass is 10.1. The zero-order valence-corrected chi connectivity index (χ0v) is 14.7. The summed E-state index contributed by atoms with van der Waals surface area (Å²) in [6.07, 6.45) is 4.45. The lowest BCUT2D eigenvalue weighted by Gasteiger charge is -2.26. The molecule has 1 fully saturated rings. The van der Waals surface area contributed by atoms with Gasteiger partial charge in [0.25, 0.3) is 0 Å². The number of benzene rings is 2. The topological polar surface area (TPSA) is 58.4 Å². The molecular weight excluding hydrogens is 310 g/mol. The minimum Gasteiger partial charge on any atom is -0.325 e. The van der Waals surface area contributed by atoms with Gasteiger partial charge in [-0.15, -0.1) is 0 Å². The summed E-state index contributed by atoms with van der Waals surface area (Å²) in [6, 6.07) is 17.4. The predicted octanol–water partition coefficient (Wildman–Crippen LogP) is 3.18. The third-order valence-electron chi connectivity index (χ3n) is 4.68. The molecular formula is C21H27N3O. The molecule has 0 saturated carbocycles. The van der Waals surface area contributed by atoms with Crippen LogP contribution in [-0.4, -0.2) is 29.9 Å². The van der Waals surface area contributed by atoms with Gasteiger partial charge in [-0.05, 0) is 55.6 Å². The smallest absolute Gasteiger partial charge is 0.241 e. The van der Waals surface area contributed by atoms with Gasteiger partial charge in [0.1, 0.15) is 0 Å². The van der Waals surface area contributed by atoms with Crippen molar-refractivity contribution in [3.05, 3.63) is 65.7 Å². The summed E-state index contributed by atoms with van der Waals surface area (Å²) in [7, 11) is 0. The SMILES string of the molecule is NC(Cc1ccccc1)C(=O)Nc1cccc(CN2CCCCC2)c1. The van der Waals surface area contributed by atoms with Gasteiger partial charge >= 0.3 is 0 Å². The van der Waals surface area contributed by atoms with Crippen LogP contribution in [0.15, 0.2) is 54.6 Å². The Balaban J connectivity index is 1.56. The van der Waals surface area contributed by atoms with E-state index in [0.717, 1.165) is 17.8 Å². The molecule has 1 heterocycles. The number of nitrogens with two attached hydrogens (primary N) is 1. The van der Waals surface area contributed by atoms with Crippen LogP contribution in [0.3, 0.4) is 0 Å². The van der Waals surface area contributed by atoms with Gasteiger partial charge in [-0.1, -0.05) is 48.9 Å². The monoisotopic (exact) mass is 337 g/mol. The van der Waals surface area contributed by atoms with Crippen LogP contribution in [0.4, 0.5) is 5.69 Å². The van der Waals surface area contributed by atoms with Crippen molar-refractivity contribution in [2.45, 2.75) is 38.3 Å². The Morgan fingerprint density at radius 2 is 1.72 bits per heavy atom. The number of hydrogen-bond acceptors (Lipinski definition) is 3. The molecule has 132 valence electrons. The van der Waals surface area contributed by atoms with Gasteiger partial charge in [0.2, 0.25) is 5.91 Å². The van der Waals surface area contributed by atoms with Crippen molar-refractivity contribution in [2.75, 3.05) is 18.4 Å². The molecule has 1 unspecified atom stereocenters. The summed E-state index contributed by atoms with van der Waals surface area (Å²) in [6.45, 7) is 3.27. The molecule has 0 spiro atoms. The highest BCUT2D eigenvalue weighted by molar-refractivity contribution is 5.94. The first-order valence-electron chi connectivity index (χ1n) is 9.12. The second-order valence-electron chi connectivity index (χ2n) is 6.82. The van der Waals surface area contributed by atoms with Gasteiger partial charge in [-0.2, -0.15) is 0 Å². The highest BCUT2D eigenvalue weighted by Crippen LogP contribution is 2.16. The van der Waals surface area contributed by atoms with Crippen LogP contribution in [0, 0.1) is 0 Å². The summed E-state index contributed by atoms with van der Waals surface area (Å²) in [5, 5.41) is 2.96. The zero-order chi connectivity index (χ0) is 17.5. The maximum absolute atomic E-state index is 12.4. The van der Waals surface area contributed by atoms with Crippen LogP contribution < -0.4 is 11.1 Å². The molecule has 4 heteroatoms. The highest BCUT2D eigenvalue weighted by Gasteiger charge is 2.15. The quantitative estimate of drug-likeness (QED) is 0.851. The molecule has 25 heavy (non-hydrogen) atoms. The van der Waals surface area contributed by atoms with Crippen LogP contribution in [0.5, 0.6) is 0 Å². The lowest BCUT2D eigenvalue weighted by molar-refractivity contribution is -0.117. The van der Waals surface area contributed by atoms with Gasteiger partial charge in [0.05, 0.1) is 6.04 Å². The summed E-state index contributed by atoms with van der Waals surface area (Å²) in [5.41, 5.74) is 9.19. The molecule has 1 aliphatic heterocycles. The Kier molecular flexibility index (Phi) is 6.20. The zero-order valence-electron chi connectivity index (χ0n) is 14.7. The van der Waals surface area contributed by atoms with E-state index in [1.165, 1.54) is 37.9 Å². The van der Waals surface area contributed by atoms with Gasteiger partial charge in [-0.25, -0.2) is 0 Å². The average molecular weight is 337 g/mol. The number of carbonyl (C=O) groups is 1. The van der Waals surface area contributed by atoms with E-state index in [1.54, 1.807) is 0 Å². The number of carbonyl (C=O) groups excluding carboxylic acids is 1. The molecule has 3 N–H and O–H groups in total. The van der Waals surface area contributed by atoms with Crippen molar-refractivity contribution in [3.63, 3.8) is 0 Å². The van der Waals surface area contributed by atoms with Gasteiger partial charge in [0, 0.05) is 12.2 Å². The van der Waals surface area contributed by atoms with E-state index in [-0.39, 0.29) is 5.91 Å². The van der Waals surface area contributed by atoms with Crippen molar-refractivity contribution in [1.82, 2.24) is 4.90 Å². The number of anilines is 1. The first-order chi connectivity index (χ1) is 12.2. The number of nitrogens with one attached hydrogen (secondary N) is 1. The second-order valence-corrected chi connectivity index (χ2v) is 6.82. The van der Waals surface area contributed by atoms with Crippen LogP contribution in [0.2, 0.25) is 0 Å². The summed E-state index contributed by atoms with van der Waals surface area (Å²) in [4.78, 5) is 14.8. The number of amides is 1. The molecule has 1 saturated heterocycles. The normalized spacial score (nSPS) is 16.4. The molecule has 1 amide bonds. The van der Waals surface area contributed by atoms with Gasteiger partial charge in [-0.3, -0.25) is 9.69 Å². The second kappa shape index (κ2) is 8.79. The van der Waals surface area contributed by atoms with E-state index in [0.29, 0.717) is 6.42 Å². The first kappa shape index (κ1) is 17.6. The Morgan fingerprint density at radius 3 is 2.48 bits per heavy atom. The van der Waals surface area contributed by atoms with E-state index in [2.05, 4.69) is 22.3 Å². The van der Waals surface area contributed by atoms with Crippen molar-refractivity contribution < 1.29 is 4.79 Å². The van der Waals surface area contributed by atoms with E-state index in [4.69, 9.17) is 5.73 Å². The Hall–Kier alpha value is -2.17. The number of hydrogen-bond donors (Lipinski definition) is 2. The third-order valence-corrected chi connectivity index (χ3v) is 4.68. The van der Waals surface area contributed by atoms with E-state index in [1.807, 2.05) is 42.5 Å². The molecule has 1 atom stereocenters. The molecule has 0 aliphatic carbocycles. The van der Waals surface area contributed by atoms with Crippen LogP contribution >= 0.6 is 0 Å². The minimum absolute atomic E-state index is 0.140. The van der Waals surface area contributed by atoms with E-state index >= 15 is 0 Å². The lowest BCUT2D eigenvalue weighted by Crippen LogP contribution is -2.37. The molecule has 2 aromatic rings. The largest absolute Gasteiger partial charge is 0.325 e. The fraction of sp³-hybridized carbons (Fsp3) is 0.381. The fourth-order valence-electron chi connectivity index (χ4n) is 3.32. The number of piperidine rings is 1. The van der Waals surface area contributed by atoms with E-state index in [9.17, 15) is 4.79 Å². The van der Waals surface area contributed by atoms with Crippen LogP contribution in [0.1, 0.15) is 30.4 Å². The molecule has 2 aromatic carbocycles. The predicted molar refractivity (Wildman–Crippen MR) is 102 cm³/mol. The van der Waals surface area contributed by atoms with Crippen molar-refractivity contribution in [3.8, 4) is 0 Å². The fourth-order valence-corrected chi connectivity index (χ4v) is 3.32. The maximum atomic E-state index is 12.4. The molecule has 0 aromatic heterocycles. The van der Waals surface area contributed by atoms with Crippen LogP contribution in [0.25, 0.3) is 0 Å². The van der Waals surface area contributed by atoms with Crippen molar-refractivity contribution in [2.24, 2.45) is 5.73 Å². The van der Waals surface area contributed by atoms with Crippen molar-refractivity contribution in [1.29, 1.82) is 0 Å². The number of nitrogens with zero attached hydrogens (tertiary/aromatic N) is 1. The molecule has 0 radical (unpaired) electrons. The third kappa shape index (κ3) is 5.41.